The third kappa shape index (κ3) is 1.88. The van der Waals surface area contributed by atoms with Crippen molar-refractivity contribution in [3.63, 3.8) is 0 Å². The molecule has 0 radical (unpaired) electrons. The highest BCUT2D eigenvalue weighted by Crippen LogP contribution is 2.39. The molecule has 1 aliphatic rings. The molecule has 1 N–H and O–H groups in total. The zero-order valence-electron chi connectivity index (χ0n) is 7.67. The van der Waals surface area contributed by atoms with Crippen LogP contribution in [0, 0.1) is 0 Å². The minimum absolute atomic E-state index is 0.450. The van der Waals surface area contributed by atoms with E-state index in [0.717, 1.165) is 6.42 Å². The minimum atomic E-state index is -4.27. The van der Waals surface area contributed by atoms with Crippen molar-refractivity contribution in [2.24, 2.45) is 0 Å². The molecule has 0 aliphatic carbocycles. The zero-order chi connectivity index (χ0) is 10.1. The molecule has 1 aliphatic heterocycles. The standard InChI is InChI=1S/C9H14F3N/c1-3-8(5-4-6-13-8)7(2)9(10,11)12/h13H,2-6H2,1H3. The highest BCUT2D eigenvalue weighted by molar-refractivity contribution is 5.23. The maximum Gasteiger partial charge on any atom is 0.413 e. The Hall–Kier alpha value is -0.510. The van der Waals surface area contributed by atoms with E-state index in [2.05, 4.69) is 11.9 Å². The molecule has 1 atom stereocenters. The van der Waals surface area contributed by atoms with Crippen LogP contribution in [0.25, 0.3) is 0 Å². The highest BCUT2D eigenvalue weighted by atomic mass is 19.4. The van der Waals surface area contributed by atoms with Crippen LogP contribution in [0.15, 0.2) is 12.2 Å². The fraction of sp³-hybridized carbons (Fsp3) is 0.778. The smallest absolute Gasteiger partial charge is 0.307 e. The fourth-order valence-corrected chi connectivity index (χ4v) is 1.85. The fourth-order valence-electron chi connectivity index (χ4n) is 1.85. The van der Waals surface area contributed by atoms with Gasteiger partial charge in [-0.25, -0.2) is 0 Å². The number of alkyl halides is 3. The lowest BCUT2D eigenvalue weighted by Gasteiger charge is -2.31. The molecule has 0 amide bonds. The first-order chi connectivity index (χ1) is 5.92. The van der Waals surface area contributed by atoms with Gasteiger partial charge in [0, 0.05) is 11.1 Å². The van der Waals surface area contributed by atoms with E-state index in [9.17, 15) is 13.2 Å². The summed E-state index contributed by atoms with van der Waals surface area (Å²) in [5, 5.41) is 2.91. The molecule has 4 heteroatoms. The molecule has 1 saturated heterocycles. The van der Waals surface area contributed by atoms with Gasteiger partial charge in [-0.1, -0.05) is 13.5 Å². The van der Waals surface area contributed by atoms with Crippen LogP contribution in [0.1, 0.15) is 26.2 Å². The molecule has 1 heterocycles. The lowest BCUT2D eigenvalue weighted by molar-refractivity contribution is -0.102. The van der Waals surface area contributed by atoms with E-state index < -0.39 is 17.3 Å². The van der Waals surface area contributed by atoms with Crippen LogP contribution >= 0.6 is 0 Å². The molecule has 1 unspecified atom stereocenters. The topological polar surface area (TPSA) is 12.0 Å². The first-order valence-electron chi connectivity index (χ1n) is 4.44. The second-order valence-electron chi connectivity index (χ2n) is 3.44. The van der Waals surface area contributed by atoms with Gasteiger partial charge in [-0.3, -0.25) is 0 Å². The first kappa shape index (κ1) is 10.6. The Balaban J connectivity index is 2.83. The third-order valence-electron chi connectivity index (χ3n) is 2.77. The molecule has 76 valence electrons. The molecule has 13 heavy (non-hydrogen) atoms. The van der Waals surface area contributed by atoms with E-state index in [4.69, 9.17) is 0 Å². The van der Waals surface area contributed by atoms with Gasteiger partial charge >= 0.3 is 6.18 Å². The summed E-state index contributed by atoms with van der Waals surface area (Å²) >= 11 is 0. The average molecular weight is 193 g/mol. The molecular formula is C9H14F3N. The number of nitrogens with one attached hydrogen (secondary N) is 1. The summed E-state index contributed by atoms with van der Waals surface area (Å²) in [5.74, 6) is 0. The Kier molecular flexibility index (Phi) is 2.71. The van der Waals surface area contributed by atoms with Gasteiger partial charge in [0.25, 0.3) is 0 Å². The largest absolute Gasteiger partial charge is 0.413 e. The monoisotopic (exact) mass is 193 g/mol. The molecule has 0 saturated carbocycles. The maximum atomic E-state index is 12.4. The maximum absolute atomic E-state index is 12.4. The number of rotatable bonds is 2. The van der Waals surface area contributed by atoms with Gasteiger partial charge in [0.05, 0.1) is 0 Å². The lowest BCUT2D eigenvalue weighted by Crippen LogP contribution is -2.45. The van der Waals surface area contributed by atoms with Gasteiger partial charge in [-0.2, -0.15) is 13.2 Å². The summed E-state index contributed by atoms with van der Waals surface area (Å²) in [6, 6.07) is 0. The minimum Gasteiger partial charge on any atom is -0.307 e. The lowest BCUT2D eigenvalue weighted by atomic mass is 9.86. The summed E-state index contributed by atoms with van der Waals surface area (Å²) in [6.07, 6.45) is -2.48. The van der Waals surface area contributed by atoms with E-state index in [1.807, 2.05) is 0 Å². The van der Waals surface area contributed by atoms with E-state index in [-0.39, 0.29) is 0 Å². The first-order valence-corrected chi connectivity index (χ1v) is 4.44. The normalized spacial score (nSPS) is 29.2. The average Bonchev–Trinajstić information content (AvgIpc) is 2.50. The van der Waals surface area contributed by atoms with Crippen molar-refractivity contribution in [2.45, 2.75) is 37.9 Å². The third-order valence-corrected chi connectivity index (χ3v) is 2.77. The van der Waals surface area contributed by atoms with Crippen LogP contribution in [-0.2, 0) is 0 Å². The predicted molar refractivity (Wildman–Crippen MR) is 45.5 cm³/mol. The van der Waals surface area contributed by atoms with Gasteiger partial charge in [0.1, 0.15) is 0 Å². The number of hydrogen-bond donors (Lipinski definition) is 1. The predicted octanol–water partition coefficient (Wildman–Crippen LogP) is 2.64. The van der Waals surface area contributed by atoms with Crippen LogP contribution in [0.2, 0.25) is 0 Å². The van der Waals surface area contributed by atoms with Crippen molar-refractivity contribution in [2.75, 3.05) is 6.54 Å². The van der Waals surface area contributed by atoms with Crippen LogP contribution in [0.4, 0.5) is 13.2 Å². The van der Waals surface area contributed by atoms with Gasteiger partial charge in [0.15, 0.2) is 0 Å². The number of hydrogen-bond acceptors (Lipinski definition) is 1. The highest BCUT2D eigenvalue weighted by Gasteiger charge is 2.46. The zero-order valence-corrected chi connectivity index (χ0v) is 7.67. The molecule has 0 aromatic heterocycles. The Labute approximate surface area is 76.0 Å². The summed E-state index contributed by atoms with van der Waals surface area (Å²) in [7, 11) is 0. The van der Waals surface area contributed by atoms with Crippen LogP contribution < -0.4 is 5.32 Å². The van der Waals surface area contributed by atoms with Crippen molar-refractivity contribution in [3.05, 3.63) is 12.2 Å². The molecule has 0 spiro atoms. The molecule has 0 aromatic rings. The van der Waals surface area contributed by atoms with E-state index in [1.165, 1.54) is 0 Å². The Morgan fingerprint density at radius 3 is 2.46 bits per heavy atom. The molecule has 0 aromatic carbocycles. The Morgan fingerprint density at radius 2 is 2.15 bits per heavy atom. The summed E-state index contributed by atoms with van der Waals surface area (Å²) < 4.78 is 37.2. The van der Waals surface area contributed by atoms with Crippen molar-refractivity contribution in [1.82, 2.24) is 5.32 Å². The van der Waals surface area contributed by atoms with Crippen LogP contribution in [0.3, 0.4) is 0 Å². The summed E-state index contributed by atoms with van der Waals surface area (Å²) in [6.45, 7) is 5.58. The number of halogens is 3. The van der Waals surface area contributed by atoms with Crippen molar-refractivity contribution < 1.29 is 13.2 Å². The molecular weight excluding hydrogens is 179 g/mol. The molecule has 0 bridgehead atoms. The second kappa shape index (κ2) is 3.33. The van der Waals surface area contributed by atoms with E-state index in [0.29, 0.717) is 19.4 Å². The molecule has 1 rings (SSSR count). The Bertz CT molecular complexity index is 201. The van der Waals surface area contributed by atoms with Gasteiger partial charge in [-0.05, 0) is 25.8 Å². The van der Waals surface area contributed by atoms with E-state index >= 15 is 0 Å². The quantitative estimate of drug-likeness (QED) is 0.665. The Morgan fingerprint density at radius 1 is 1.54 bits per heavy atom. The van der Waals surface area contributed by atoms with Crippen molar-refractivity contribution in [1.29, 1.82) is 0 Å². The molecule has 1 fully saturated rings. The van der Waals surface area contributed by atoms with E-state index in [1.54, 1.807) is 6.92 Å². The van der Waals surface area contributed by atoms with Crippen LogP contribution in [0.5, 0.6) is 0 Å². The van der Waals surface area contributed by atoms with Crippen LogP contribution in [-0.4, -0.2) is 18.3 Å². The van der Waals surface area contributed by atoms with Crippen molar-refractivity contribution >= 4 is 0 Å². The van der Waals surface area contributed by atoms with Gasteiger partial charge < -0.3 is 5.32 Å². The second-order valence-corrected chi connectivity index (χ2v) is 3.44. The molecule has 1 nitrogen and oxygen atoms in total. The SMILES string of the molecule is C=C(C(F)(F)F)C1(CC)CCCN1. The van der Waals surface area contributed by atoms with Gasteiger partial charge in [0.2, 0.25) is 0 Å². The summed E-state index contributed by atoms with van der Waals surface area (Å²) in [4.78, 5) is 0. The van der Waals surface area contributed by atoms with Gasteiger partial charge in [-0.15, -0.1) is 0 Å². The van der Waals surface area contributed by atoms with Crippen molar-refractivity contribution in [3.8, 4) is 0 Å². The summed E-state index contributed by atoms with van der Waals surface area (Å²) in [5.41, 5.74) is -1.52.